The summed E-state index contributed by atoms with van der Waals surface area (Å²) in [7, 11) is -1.02. The van der Waals surface area contributed by atoms with Gasteiger partial charge in [-0.1, -0.05) is 542 Å². The van der Waals surface area contributed by atoms with Crippen LogP contribution in [-0.4, -0.2) is 166 Å². The molecule has 3 aliphatic rings. The van der Waals surface area contributed by atoms with Crippen LogP contribution in [0.2, 0.25) is 0 Å². The van der Waals surface area contributed by atoms with E-state index in [2.05, 4.69) is 47.3 Å². The molecule has 0 bridgehead atoms. The van der Waals surface area contributed by atoms with E-state index < -0.39 is 40.8 Å². The fraction of sp³-hybridized carbons (Fsp3) is 1.00. The lowest BCUT2D eigenvalue weighted by atomic mass is 9.98. The number of likely N-dealkylation sites (N-methyl/N-ethyl adjacent to an activating group) is 2. The summed E-state index contributed by atoms with van der Waals surface area (Å²) in [4.78, 5) is 36.6. The first-order valence-corrected chi connectivity index (χ1v) is 67.7. The highest BCUT2D eigenvalue weighted by molar-refractivity contribution is 7.46. The molecular weight excluding hydrogens is 1880 g/mol. The van der Waals surface area contributed by atoms with Crippen molar-refractivity contribution in [3.8, 4) is 0 Å². The molecule has 6 unspecified atom stereocenters. The number of ether oxygens (including phenoxy) is 6. The van der Waals surface area contributed by atoms with Gasteiger partial charge in [-0.3, -0.25) is 13.7 Å². The molecule has 21 nitrogen and oxygen atoms in total. The Kier molecular flexibility index (Phi) is 98.1. The van der Waals surface area contributed by atoms with Gasteiger partial charge in [-0.2, -0.15) is 0 Å². The average Bonchev–Trinajstić information content (AvgIpc) is 1.69. The number of hydrogen-bond donors (Lipinski definition) is 1. The second-order valence-electron chi connectivity index (χ2n) is 46.9. The van der Waals surface area contributed by atoms with E-state index in [4.69, 9.17) is 55.6 Å². The van der Waals surface area contributed by atoms with Crippen molar-refractivity contribution in [3.63, 3.8) is 0 Å². The van der Waals surface area contributed by atoms with E-state index in [0.29, 0.717) is 54.8 Å². The van der Waals surface area contributed by atoms with Crippen LogP contribution in [0.5, 0.6) is 0 Å². The number of phosphoric ester groups is 3. The molecule has 3 heterocycles. The largest absolute Gasteiger partial charge is 0.756 e. The lowest BCUT2D eigenvalue weighted by Crippen LogP contribution is -2.52. The maximum Gasteiger partial charge on any atom is 0.268 e. The highest BCUT2D eigenvalue weighted by Gasteiger charge is 2.44. The SMILES string of the molecule is CCCCCCCCCCCCCCCCC1(CCCCCCCCCCCCCCCC)OCC(CCOP(=O)([O-])OCC[N+](C)(C)C)O1.CCCCCCCCCCCCCCCCC1(CCCCCCCCCCCCCCCC)OCC(COP(=O)([O-])OCC[N+](C)(C)C)O1.CCCCCCCCCCCCCCCCC1(CCCCCCCCCCCCCCCC)OCC(COP(=O)([O-])OCC[NH3+])O1. The Hall–Kier alpha value is -0.0300. The number of quaternary nitrogens is 3. The minimum Gasteiger partial charge on any atom is -0.756 e. The molecule has 0 saturated carbocycles. The number of unbranched alkanes of at least 4 members (excludes halogenated alkanes) is 78. The van der Waals surface area contributed by atoms with Crippen LogP contribution in [0.1, 0.15) is 626 Å². The highest BCUT2D eigenvalue weighted by atomic mass is 31.2. The number of nitrogens with zero attached hydrogens (tertiary/aromatic N) is 2. The van der Waals surface area contributed by atoms with E-state index in [1.807, 2.05) is 42.3 Å². The fourth-order valence-corrected chi connectivity index (χ4v) is 22.9. The topological polar surface area (TPSA) is 259 Å². The summed E-state index contributed by atoms with van der Waals surface area (Å²) >= 11 is 0. The zero-order valence-electron chi connectivity index (χ0n) is 98.4. The van der Waals surface area contributed by atoms with Crippen molar-refractivity contribution in [1.29, 1.82) is 0 Å². The van der Waals surface area contributed by atoms with E-state index in [0.717, 1.165) is 77.0 Å². The Balaban J connectivity index is 0.00000109. The zero-order valence-corrected chi connectivity index (χ0v) is 101. The van der Waals surface area contributed by atoms with Gasteiger partial charge in [0, 0.05) is 38.5 Å². The second-order valence-corrected chi connectivity index (χ2v) is 51.1. The van der Waals surface area contributed by atoms with Gasteiger partial charge in [0.1, 0.15) is 45.1 Å². The number of rotatable bonds is 111. The number of hydrogen-bond acceptors (Lipinski definition) is 18. The molecule has 3 N–H and O–H groups in total. The summed E-state index contributed by atoms with van der Waals surface area (Å²) in [5.74, 6) is -1.75. The third-order valence-electron chi connectivity index (χ3n) is 30.2. The molecule has 0 aromatic rings. The first-order chi connectivity index (χ1) is 70.2. The Bertz CT molecular complexity index is 2750. The quantitative estimate of drug-likeness (QED) is 0.0337. The lowest BCUT2D eigenvalue weighted by Gasteiger charge is -2.29. The van der Waals surface area contributed by atoms with Crippen LogP contribution in [0.3, 0.4) is 0 Å². The van der Waals surface area contributed by atoms with Gasteiger partial charge < -0.3 is 84.9 Å². The van der Waals surface area contributed by atoms with E-state index in [1.165, 1.54) is 501 Å². The van der Waals surface area contributed by atoms with Gasteiger partial charge in [-0.15, -0.1) is 0 Å². The van der Waals surface area contributed by atoms with Crippen molar-refractivity contribution in [2.24, 2.45) is 0 Å². The molecule has 0 radical (unpaired) electrons. The van der Waals surface area contributed by atoms with E-state index >= 15 is 0 Å². The molecular formula is C121H248N3O18P3. The molecule has 3 aliphatic heterocycles. The maximum absolute atomic E-state index is 12.4. The van der Waals surface area contributed by atoms with Crippen LogP contribution in [0, 0.1) is 0 Å². The summed E-state index contributed by atoms with van der Waals surface area (Å²) in [6.07, 6.45) is 118. The molecule has 0 aromatic heterocycles. The van der Waals surface area contributed by atoms with Crippen molar-refractivity contribution >= 4 is 23.5 Å². The molecule has 0 spiro atoms. The third-order valence-corrected chi connectivity index (χ3v) is 33.1. The first-order valence-electron chi connectivity index (χ1n) is 63.4. The van der Waals surface area contributed by atoms with Gasteiger partial charge in [0.2, 0.25) is 0 Å². The predicted molar refractivity (Wildman–Crippen MR) is 607 cm³/mol. The molecule has 3 rings (SSSR count). The minimum atomic E-state index is -4.37. The van der Waals surface area contributed by atoms with Crippen molar-refractivity contribution < 1.29 is 98.6 Å². The molecule has 3 fully saturated rings. The first kappa shape index (κ1) is 143. The van der Waals surface area contributed by atoms with E-state index in [1.54, 1.807) is 0 Å². The summed E-state index contributed by atoms with van der Waals surface area (Å²) in [5.41, 5.74) is 3.61. The van der Waals surface area contributed by atoms with Crippen LogP contribution < -0.4 is 20.4 Å². The van der Waals surface area contributed by atoms with Gasteiger partial charge in [0.05, 0.1) is 94.6 Å². The molecule has 6 atom stereocenters. The fourth-order valence-electron chi connectivity index (χ4n) is 20.6. The molecule has 24 heteroatoms. The summed E-state index contributed by atoms with van der Waals surface area (Å²) in [5, 5.41) is 0. The van der Waals surface area contributed by atoms with Gasteiger partial charge in [0.15, 0.2) is 17.4 Å². The smallest absolute Gasteiger partial charge is 0.268 e. The van der Waals surface area contributed by atoms with Gasteiger partial charge in [-0.25, -0.2) is 0 Å². The van der Waals surface area contributed by atoms with Crippen LogP contribution in [-0.2, 0) is 69.3 Å². The van der Waals surface area contributed by atoms with E-state index in [9.17, 15) is 28.4 Å². The monoisotopic (exact) mass is 2120 g/mol. The standard InChI is InChI=1S/C42H86NO6P.C41H84NO6P.C38H78NO6P/c1-6-8-10-12-14-16-18-20-22-24-26-28-30-32-35-42(36-33-31-29-27-25-23-21-19-17-15-13-11-9-7-2)46-40-41(49-42)34-38-47-50(44,45)48-39-37-43(3,4)5;1-6-8-10-12-14-16-18-20-22-24-26-28-30-32-34-41(35-33-31-29-27-25-23-21-19-17-15-13-11-9-7-2)45-38-40(48-41)39-47-49(43,44)46-37-36-42(3,4)5;1-3-5-7-9-11-13-15-17-19-21-23-25-27-29-31-38(42-35-37(45-38)36-44-46(40,41)43-34-33-39)32-30-28-26-24-22-20-18-16-14-12-10-8-6-4-2/h41H,6-40H2,1-5H3;40H,6-39H2,1-5H3;37H,3-36,39H2,1-2H3,(H,40,41). The third kappa shape index (κ3) is 94.8. The highest BCUT2D eigenvalue weighted by Crippen LogP contribution is 2.45. The van der Waals surface area contributed by atoms with Crippen LogP contribution in [0.25, 0.3) is 0 Å². The van der Waals surface area contributed by atoms with Gasteiger partial charge >= 0.3 is 0 Å². The van der Waals surface area contributed by atoms with Crippen molar-refractivity contribution in [2.45, 2.75) is 662 Å². The Labute approximate surface area is 899 Å². The normalized spacial score (nSPS) is 17.5. The van der Waals surface area contributed by atoms with Crippen LogP contribution in [0.4, 0.5) is 0 Å². The van der Waals surface area contributed by atoms with Gasteiger partial charge in [0.25, 0.3) is 23.5 Å². The average molecular weight is 2130 g/mol. The van der Waals surface area contributed by atoms with Crippen LogP contribution in [0.15, 0.2) is 0 Å². The maximum atomic E-state index is 12.4. The molecule has 145 heavy (non-hydrogen) atoms. The molecule has 870 valence electrons. The summed E-state index contributed by atoms with van der Waals surface area (Å²) in [6, 6.07) is 0. The lowest BCUT2D eigenvalue weighted by molar-refractivity contribution is -0.870. The number of phosphoric acid groups is 3. The van der Waals surface area contributed by atoms with Crippen LogP contribution >= 0.6 is 23.5 Å². The molecule has 0 amide bonds. The Morgan fingerprint density at radius 1 is 0.228 bits per heavy atom. The molecule has 0 aliphatic carbocycles. The van der Waals surface area contributed by atoms with Crippen molar-refractivity contribution in [2.75, 3.05) is 121 Å². The van der Waals surface area contributed by atoms with Gasteiger partial charge in [-0.05, 0) is 44.9 Å². The summed E-state index contributed by atoms with van der Waals surface area (Å²) < 4.78 is 107. The predicted octanol–water partition coefficient (Wildman–Crippen LogP) is 35.1. The molecule has 0 aromatic carbocycles. The molecule has 3 saturated heterocycles. The Morgan fingerprint density at radius 3 is 0.559 bits per heavy atom. The van der Waals surface area contributed by atoms with Crippen molar-refractivity contribution in [1.82, 2.24) is 0 Å². The van der Waals surface area contributed by atoms with E-state index in [-0.39, 0.29) is 58.0 Å². The minimum absolute atomic E-state index is 0.0327. The summed E-state index contributed by atoms with van der Waals surface area (Å²) in [6.45, 7) is 16.7. The zero-order chi connectivity index (χ0) is 106. The Morgan fingerprint density at radius 2 is 0.379 bits per heavy atom. The van der Waals surface area contributed by atoms with Crippen molar-refractivity contribution in [3.05, 3.63) is 0 Å². The second kappa shape index (κ2) is 99.5.